The Labute approximate surface area is 200 Å². The minimum Gasteiger partial charge on any atom is -0.497 e. The minimum atomic E-state index is -0.562. The molecule has 162 valence electrons. The lowest BCUT2D eigenvalue weighted by molar-refractivity contribution is -0.112. The highest BCUT2D eigenvalue weighted by molar-refractivity contribution is 6.37. The second kappa shape index (κ2) is 10.9. The summed E-state index contributed by atoms with van der Waals surface area (Å²) in [4.78, 5) is 12.5. The fraction of sp³-hybridized carbons (Fsp3) is 0.0833. The SMILES string of the molecule is COc1ccc(NC(=O)/C(C#N)=C\c2cc(Cl)c(OCc3ccc(Cl)cc3)c(Cl)c2)cc1. The van der Waals surface area contributed by atoms with Gasteiger partial charge in [0, 0.05) is 10.7 Å². The zero-order valence-corrected chi connectivity index (χ0v) is 19.1. The number of methoxy groups -OCH3 is 1. The maximum absolute atomic E-state index is 12.5. The number of benzene rings is 3. The Balaban J connectivity index is 1.74. The zero-order valence-electron chi connectivity index (χ0n) is 16.9. The lowest BCUT2D eigenvalue weighted by atomic mass is 10.1. The predicted octanol–water partition coefficient (Wildman–Crippen LogP) is 6.78. The lowest BCUT2D eigenvalue weighted by Gasteiger charge is -2.11. The van der Waals surface area contributed by atoms with E-state index in [1.54, 1.807) is 55.6 Å². The number of ether oxygens (including phenoxy) is 2. The number of anilines is 1. The van der Waals surface area contributed by atoms with Crippen molar-refractivity contribution in [2.24, 2.45) is 0 Å². The van der Waals surface area contributed by atoms with Gasteiger partial charge in [0.1, 0.15) is 24.0 Å². The van der Waals surface area contributed by atoms with Crippen LogP contribution in [0, 0.1) is 11.3 Å². The van der Waals surface area contributed by atoms with Crippen molar-refractivity contribution in [2.45, 2.75) is 6.61 Å². The first kappa shape index (κ1) is 23.5. The number of carbonyl (C=O) groups is 1. The van der Waals surface area contributed by atoms with Gasteiger partial charge in [-0.2, -0.15) is 5.26 Å². The van der Waals surface area contributed by atoms with Crippen molar-refractivity contribution in [3.8, 4) is 17.6 Å². The minimum absolute atomic E-state index is 0.109. The maximum atomic E-state index is 12.5. The van der Waals surface area contributed by atoms with Gasteiger partial charge in [0.05, 0.1) is 17.2 Å². The normalized spacial score (nSPS) is 10.9. The Kier molecular flexibility index (Phi) is 8.02. The van der Waals surface area contributed by atoms with Gasteiger partial charge in [-0.05, 0) is 65.7 Å². The van der Waals surface area contributed by atoms with Crippen LogP contribution < -0.4 is 14.8 Å². The largest absolute Gasteiger partial charge is 0.497 e. The summed E-state index contributed by atoms with van der Waals surface area (Å²) in [7, 11) is 1.55. The van der Waals surface area contributed by atoms with Crippen molar-refractivity contribution in [1.29, 1.82) is 5.26 Å². The summed E-state index contributed by atoms with van der Waals surface area (Å²) in [5.74, 6) is 0.399. The molecule has 1 amide bonds. The molecular weight excluding hydrogens is 471 g/mol. The molecule has 0 aliphatic carbocycles. The Morgan fingerprint density at radius 2 is 1.66 bits per heavy atom. The van der Waals surface area contributed by atoms with Crippen LogP contribution >= 0.6 is 34.8 Å². The van der Waals surface area contributed by atoms with E-state index in [0.717, 1.165) is 5.56 Å². The number of carbonyl (C=O) groups excluding carboxylic acids is 1. The molecule has 3 rings (SSSR count). The smallest absolute Gasteiger partial charge is 0.266 e. The molecule has 0 aliphatic rings. The van der Waals surface area contributed by atoms with Gasteiger partial charge in [-0.15, -0.1) is 0 Å². The van der Waals surface area contributed by atoms with Crippen molar-refractivity contribution in [3.05, 3.63) is 92.4 Å². The number of nitrogens with zero attached hydrogens (tertiary/aromatic N) is 1. The second-order valence-electron chi connectivity index (χ2n) is 6.58. The van der Waals surface area contributed by atoms with E-state index in [-0.39, 0.29) is 22.2 Å². The molecule has 0 unspecified atom stereocenters. The summed E-state index contributed by atoms with van der Waals surface area (Å²) >= 11 is 18.6. The third kappa shape index (κ3) is 6.18. The molecule has 3 aromatic rings. The van der Waals surface area contributed by atoms with Crippen LogP contribution in [0.15, 0.2) is 66.2 Å². The highest BCUT2D eigenvalue weighted by Crippen LogP contribution is 2.35. The standard InChI is InChI=1S/C24H17Cl3N2O3/c1-31-20-8-6-19(7-9-20)29-24(30)17(13-28)10-16-11-21(26)23(22(27)12-16)32-14-15-2-4-18(25)5-3-15/h2-12H,14H2,1H3,(H,29,30)/b17-10-. The first-order valence-electron chi connectivity index (χ1n) is 9.33. The Hall–Kier alpha value is -3.17. The molecule has 3 aromatic carbocycles. The number of nitrogens with one attached hydrogen (secondary N) is 1. The quantitative estimate of drug-likeness (QED) is 0.294. The van der Waals surface area contributed by atoms with E-state index in [4.69, 9.17) is 44.3 Å². The number of nitriles is 1. The summed E-state index contributed by atoms with van der Waals surface area (Å²) in [6.45, 7) is 0.250. The van der Waals surface area contributed by atoms with Crippen LogP contribution in [0.3, 0.4) is 0 Å². The molecule has 0 aromatic heterocycles. The van der Waals surface area contributed by atoms with E-state index in [0.29, 0.717) is 27.8 Å². The third-order valence-electron chi connectivity index (χ3n) is 4.34. The zero-order chi connectivity index (χ0) is 23.1. The summed E-state index contributed by atoms with van der Waals surface area (Å²) in [5.41, 5.74) is 1.80. The summed E-state index contributed by atoms with van der Waals surface area (Å²) in [6, 6.07) is 19.0. The maximum Gasteiger partial charge on any atom is 0.266 e. The Bertz CT molecular complexity index is 1160. The van der Waals surface area contributed by atoms with Gasteiger partial charge in [0.15, 0.2) is 5.75 Å². The molecule has 0 radical (unpaired) electrons. The summed E-state index contributed by atoms with van der Waals surface area (Å²) in [6.07, 6.45) is 1.40. The molecule has 5 nitrogen and oxygen atoms in total. The number of halogens is 3. The molecule has 0 saturated heterocycles. The van der Waals surface area contributed by atoms with Crippen LogP contribution in [-0.2, 0) is 11.4 Å². The van der Waals surface area contributed by atoms with Crippen molar-refractivity contribution >= 4 is 52.5 Å². The number of hydrogen-bond donors (Lipinski definition) is 1. The van der Waals surface area contributed by atoms with Gasteiger partial charge in [-0.1, -0.05) is 46.9 Å². The molecule has 0 fully saturated rings. The van der Waals surface area contributed by atoms with E-state index < -0.39 is 5.91 Å². The van der Waals surface area contributed by atoms with Crippen LogP contribution in [0.1, 0.15) is 11.1 Å². The van der Waals surface area contributed by atoms with E-state index >= 15 is 0 Å². The average molecular weight is 488 g/mol. The number of hydrogen-bond acceptors (Lipinski definition) is 4. The van der Waals surface area contributed by atoms with Crippen LogP contribution in [0.25, 0.3) is 6.08 Å². The molecule has 32 heavy (non-hydrogen) atoms. The fourth-order valence-electron chi connectivity index (χ4n) is 2.72. The molecule has 0 spiro atoms. The van der Waals surface area contributed by atoms with Crippen molar-refractivity contribution in [1.82, 2.24) is 0 Å². The van der Waals surface area contributed by atoms with E-state index in [1.165, 1.54) is 6.08 Å². The molecule has 0 bridgehead atoms. The first-order valence-corrected chi connectivity index (χ1v) is 10.5. The van der Waals surface area contributed by atoms with E-state index in [2.05, 4.69) is 5.32 Å². The van der Waals surface area contributed by atoms with Crippen LogP contribution in [0.5, 0.6) is 11.5 Å². The number of amides is 1. The van der Waals surface area contributed by atoms with Crippen LogP contribution in [-0.4, -0.2) is 13.0 Å². The first-order chi connectivity index (χ1) is 15.4. The van der Waals surface area contributed by atoms with Gasteiger partial charge in [-0.3, -0.25) is 4.79 Å². The van der Waals surface area contributed by atoms with Gasteiger partial charge in [-0.25, -0.2) is 0 Å². The molecule has 0 saturated carbocycles. The van der Waals surface area contributed by atoms with Gasteiger partial charge in [0.25, 0.3) is 5.91 Å². The highest BCUT2D eigenvalue weighted by atomic mass is 35.5. The fourth-order valence-corrected chi connectivity index (χ4v) is 3.46. The number of rotatable bonds is 7. The monoisotopic (exact) mass is 486 g/mol. The molecule has 0 heterocycles. The van der Waals surface area contributed by atoms with Gasteiger partial charge < -0.3 is 14.8 Å². The van der Waals surface area contributed by atoms with Crippen LogP contribution in [0.4, 0.5) is 5.69 Å². The topological polar surface area (TPSA) is 71.3 Å². The molecular formula is C24H17Cl3N2O3. The molecule has 0 atom stereocenters. The van der Waals surface area contributed by atoms with Gasteiger partial charge >= 0.3 is 0 Å². The highest BCUT2D eigenvalue weighted by Gasteiger charge is 2.13. The van der Waals surface area contributed by atoms with E-state index in [1.807, 2.05) is 18.2 Å². The molecule has 1 N–H and O–H groups in total. The Morgan fingerprint density at radius 3 is 2.22 bits per heavy atom. The third-order valence-corrected chi connectivity index (χ3v) is 5.15. The van der Waals surface area contributed by atoms with Crippen molar-refractivity contribution in [2.75, 3.05) is 12.4 Å². The Morgan fingerprint density at radius 1 is 1.03 bits per heavy atom. The summed E-state index contributed by atoms with van der Waals surface area (Å²) in [5, 5.41) is 13.2. The summed E-state index contributed by atoms with van der Waals surface area (Å²) < 4.78 is 10.8. The average Bonchev–Trinajstić information content (AvgIpc) is 2.78. The molecule has 0 aliphatic heterocycles. The van der Waals surface area contributed by atoms with Crippen LogP contribution in [0.2, 0.25) is 15.1 Å². The predicted molar refractivity (Wildman–Crippen MR) is 127 cm³/mol. The van der Waals surface area contributed by atoms with Crippen molar-refractivity contribution in [3.63, 3.8) is 0 Å². The lowest BCUT2D eigenvalue weighted by Crippen LogP contribution is -2.13. The van der Waals surface area contributed by atoms with E-state index in [9.17, 15) is 10.1 Å². The second-order valence-corrected chi connectivity index (χ2v) is 7.83. The van der Waals surface area contributed by atoms with Gasteiger partial charge in [0.2, 0.25) is 0 Å². The van der Waals surface area contributed by atoms with Crippen molar-refractivity contribution < 1.29 is 14.3 Å². The molecule has 8 heteroatoms.